The molecule has 114 valence electrons. The molecule has 0 fully saturated rings. The third-order valence-electron chi connectivity index (χ3n) is 2.50. The van der Waals surface area contributed by atoms with Gasteiger partial charge in [-0.2, -0.15) is 22.0 Å². The van der Waals surface area contributed by atoms with Crippen molar-refractivity contribution in [3.63, 3.8) is 0 Å². The van der Waals surface area contributed by atoms with Gasteiger partial charge in [0.05, 0.1) is 6.42 Å². The van der Waals surface area contributed by atoms with E-state index in [4.69, 9.17) is 5.73 Å². The summed E-state index contributed by atoms with van der Waals surface area (Å²) in [6.45, 7) is 1.94. The molecule has 0 bridgehead atoms. The van der Waals surface area contributed by atoms with Crippen molar-refractivity contribution in [2.75, 3.05) is 6.54 Å². The van der Waals surface area contributed by atoms with Crippen molar-refractivity contribution < 1.29 is 31.9 Å². The SMILES string of the molecule is CC(C)[C@H](N)[C@@H](O)C(F)(F)C(=O)NCCC(F)(F)F. The van der Waals surface area contributed by atoms with Crippen molar-refractivity contribution in [1.82, 2.24) is 5.32 Å². The Morgan fingerprint density at radius 1 is 1.26 bits per heavy atom. The molecule has 0 aromatic heterocycles. The zero-order valence-electron chi connectivity index (χ0n) is 10.5. The number of nitrogens with two attached hydrogens (primary N) is 1. The molecule has 2 atom stereocenters. The molecular formula is C10H17F5N2O2. The van der Waals surface area contributed by atoms with Gasteiger partial charge in [0.2, 0.25) is 0 Å². The molecule has 0 rings (SSSR count). The molecule has 19 heavy (non-hydrogen) atoms. The van der Waals surface area contributed by atoms with Crippen LogP contribution in [0.5, 0.6) is 0 Å². The second kappa shape index (κ2) is 6.47. The third-order valence-corrected chi connectivity index (χ3v) is 2.50. The van der Waals surface area contributed by atoms with Crippen LogP contribution in [-0.4, -0.2) is 41.8 Å². The van der Waals surface area contributed by atoms with E-state index in [-0.39, 0.29) is 0 Å². The first-order chi connectivity index (χ1) is 8.39. The molecule has 0 aliphatic carbocycles. The van der Waals surface area contributed by atoms with Gasteiger partial charge in [-0.3, -0.25) is 4.79 Å². The first-order valence-corrected chi connectivity index (χ1v) is 5.56. The Hall–Kier alpha value is -0.960. The Morgan fingerprint density at radius 3 is 2.11 bits per heavy atom. The average Bonchev–Trinajstić information content (AvgIpc) is 2.24. The van der Waals surface area contributed by atoms with E-state index in [0.29, 0.717) is 0 Å². The Morgan fingerprint density at radius 2 is 1.74 bits per heavy atom. The minimum atomic E-state index is -4.56. The highest BCUT2D eigenvalue weighted by Gasteiger charge is 2.49. The zero-order valence-corrected chi connectivity index (χ0v) is 10.5. The van der Waals surface area contributed by atoms with Crippen molar-refractivity contribution in [3.05, 3.63) is 0 Å². The summed E-state index contributed by atoms with van der Waals surface area (Å²) in [5, 5.41) is 10.7. The molecule has 0 aliphatic heterocycles. The van der Waals surface area contributed by atoms with Crippen molar-refractivity contribution >= 4 is 5.91 Å². The molecule has 9 heteroatoms. The van der Waals surface area contributed by atoms with Crippen LogP contribution in [0.2, 0.25) is 0 Å². The van der Waals surface area contributed by atoms with Gasteiger partial charge in [-0.1, -0.05) is 13.8 Å². The second-order valence-electron chi connectivity index (χ2n) is 4.51. The number of amides is 1. The van der Waals surface area contributed by atoms with Gasteiger partial charge in [-0.25, -0.2) is 0 Å². The highest BCUT2D eigenvalue weighted by atomic mass is 19.4. The molecule has 0 aromatic rings. The minimum Gasteiger partial charge on any atom is -0.385 e. The Balaban J connectivity index is 4.51. The van der Waals surface area contributed by atoms with Gasteiger partial charge in [0.1, 0.15) is 6.10 Å². The molecule has 0 aromatic carbocycles. The number of nitrogens with one attached hydrogen (secondary N) is 1. The molecule has 0 heterocycles. The number of hydrogen-bond acceptors (Lipinski definition) is 3. The summed E-state index contributed by atoms with van der Waals surface area (Å²) < 4.78 is 62.2. The fourth-order valence-corrected chi connectivity index (χ4v) is 1.18. The van der Waals surface area contributed by atoms with E-state index in [1.165, 1.54) is 19.2 Å². The number of carbonyl (C=O) groups excluding carboxylic acids is 1. The van der Waals surface area contributed by atoms with Crippen LogP contribution in [0.1, 0.15) is 20.3 Å². The van der Waals surface area contributed by atoms with Crippen LogP contribution in [0.3, 0.4) is 0 Å². The van der Waals surface area contributed by atoms with Crippen LogP contribution in [-0.2, 0) is 4.79 Å². The minimum absolute atomic E-state index is 0.524. The predicted molar refractivity (Wildman–Crippen MR) is 57.4 cm³/mol. The topological polar surface area (TPSA) is 75.3 Å². The molecule has 0 saturated carbocycles. The van der Waals surface area contributed by atoms with Crippen molar-refractivity contribution in [1.29, 1.82) is 0 Å². The van der Waals surface area contributed by atoms with Crippen LogP contribution >= 0.6 is 0 Å². The van der Waals surface area contributed by atoms with Gasteiger partial charge in [-0.05, 0) is 5.92 Å². The maximum Gasteiger partial charge on any atom is 0.390 e. The highest BCUT2D eigenvalue weighted by Crippen LogP contribution is 2.24. The monoisotopic (exact) mass is 292 g/mol. The lowest BCUT2D eigenvalue weighted by molar-refractivity contribution is -0.168. The lowest BCUT2D eigenvalue weighted by Crippen LogP contribution is -2.57. The number of hydrogen-bond donors (Lipinski definition) is 3. The van der Waals surface area contributed by atoms with Crippen LogP contribution in [0.25, 0.3) is 0 Å². The van der Waals surface area contributed by atoms with Gasteiger partial charge in [-0.15, -0.1) is 0 Å². The van der Waals surface area contributed by atoms with Crippen molar-refractivity contribution in [3.8, 4) is 0 Å². The Labute approximate surface area is 107 Å². The van der Waals surface area contributed by atoms with E-state index in [2.05, 4.69) is 0 Å². The molecule has 0 unspecified atom stereocenters. The van der Waals surface area contributed by atoms with Gasteiger partial charge in [0.25, 0.3) is 5.91 Å². The molecule has 0 saturated heterocycles. The Bertz CT molecular complexity index is 307. The quantitative estimate of drug-likeness (QED) is 0.640. The number of aliphatic hydroxyl groups excluding tert-OH is 1. The van der Waals surface area contributed by atoms with Gasteiger partial charge >= 0.3 is 12.1 Å². The zero-order chi connectivity index (χ0) is 15.4. The number of aliphatic hydroxyl groups is 1. The summed E-state index contributed by atoms with van der Waals surface area (Å²) in [6, 6.07) is -1.37. The van der Waals surface area contributed by atoms with E-state index in [9.17, 15) is 31.9 Å². The maximum atomic E-state index is 13.4. The molecule has 1 amide bonds. The van der Waals surface area contributed by atoms with E-state index in [1.54, 1.807) is 0 Å². The molecule has 4 N–H and O–H groups in total. The summed E-state index contributed by atoms with van der Waals surface area (Å²) in [5.74, 6) is -6.74. The Kier molecular flexibility index (Phi) is 6.14. The van der Waals surface area contributed by atoms with Crippen molar-refractivity contribution in [2.45, 2.75) is 44.5 Å². The highest BCUT2D eigenvalue weighted by molar-refractivity contribution is 5.84. The number of alkyl halides is 5. The fourth-order valence-electron chi connectivity index (χ4n) is 1.18. The number of rotatable bonds is 6. The van der Waals surface area contributed by atoms with Crippen LogP contribution in [0.4, 0.5) is 22.0 Å². The lowest BCUT2D eigenvalue weighted by Gasteiger charge is -2.28. The molecule has 0 radical (unpaired) electrons. The maximum absolute atomic E-state index is 13.4. The summed E-state index contributed by atoms with van der Waals surface area (Å²) in [5.41, 5.74) is 5.29. The van der Waals surface area contributed by atoms with E-state index in [1.807, 2.05) is 0 Å². The lowest BCUT2D eigenvalue weighted by atomic mass is 9.95. The summed E-state index contributed by atoms with van der Waals surface area (Å²) >= 11 is 0. The number of halogens is 5. The summed E-state index contributed by atoms with van der Waals surface area (Å²) in [6.07, 6.45) is -8.45. The van der Waals surface area contributed by atoms with E-state index >= 15 is 0 Å². The first kappa shape index (κ1) is 18.0. The number of carbonyl (C=O) groups is 1. The smallest absolute Gasteiger partial charge is 0.385 e. The third kappa shape index (κ3) is 5.68. The standard InChI is InChI=1S/C10H17F5N2O2/c1-5(2)6(16)7(18)10(14,15)8(19)17-4-3-9(11,12)13/h5-7,18H,3-4,16H2,1-2H3,(H,17,19)/t6-,7+/m0/s1. The molecule has 0 spiro atoms. The molecule has 4 nitrogen and oxygen atoms in total. The van der Waals surface area contributed by atoms with Crippen LogP contribution in [0.15, 0.2) is 0 Å². The summed E-state index contributed by atoms with van der Waals surface area (Å²) in [4.78, 5) is 11.1. The second-order valence-corrected chi connectivity index (χ2v) is 4.51. The van der Waals surface area contributed by atoms with Gasteiger partial charge in [0, 0.05) is 12.6 Å². The normalized spacial score (nSPS) is 16.3. The van der Waals surface area contributed by atoms with Crippen molar-refractivity contribution in [2.24, 2.45) is 11.7 Å². The van der Waals surface area contributed by atoms with Gasteiger partial charge < -0.3 is 16.2 Å². The van der Waals surface area contributed by atoms with Crippen LogP contribution in [0, 0.1) is 5.92 Å². The van der Waals surface area contributed by atoms with E-state index < -0.39 is 49.0 Å². The largest absolute Gasteiger partial charge is 0.390 e. The first-order valence-electron chi connectivity index (χ1n) is 5.56. The molecular weight excluding hydrogens is 275 g/mol. The van der Waals surface area contributed by atoms with Crippen LogP contribution < -0.4 is 11.1 Å². The van der Waals surface area contributed by atoms with E-state index in [0.717, 1.165) is 0 Å². The van der Waals surface area contributed by atoms with Gasteiger partial charge in [0.15, 0.2) is 0 Å². The molecule has 0 aliphatic rings. The fraction of sp³-hybridized carbons (Fsp3) is 0.900. The average molecular weight is 292 g/mol. The summed E-state index contributed by atoms with van der Waals surface area (Å²) in [7, 11) is 0. The predicted octanol–water partition coefficient (Wildman–Crippen LogP) is 1.03.